The molecule has 0 radical (unpaired) electrons. The lowest BCUT2D eigenvalue weighted by atomic mass is 9.62. The molecule has 1 aliphatic carbocycles. The Labute approximate surface area is 164 Å². The lowest BCUT2D eigenvalue weighted by Gasteiger charge is -2.55. The summed E-state index contributed by atoms with van der Waals surface area (Å²) in [5.41, 5.74) is 2.03. The third kappa shape index (κ3) is 2.53. The van der Waals surface area contributed by atoms with Crippen molar-refractivity contribution in [1.82, 2.24) is 5.32 Å². The minimum Gasteiger partial charge on any atom is -0.467 e. The number of rotatable bonds is 2. The SMILES string of the molecule is Cc1ccccc1NC(=O)[C@@H]1C(=O)N[C@]23CCCC[C@H]2[C@H]1c1ccccc1O3. The Balaban J connectivity index is 1.57. The van der Waals surface area contributed by atoms with Crippen molar-refractivity contribution < 1.29 is 14.3 Å². The summed E-state index contributed by atoms with van der Waals surface area (Å²) in [5.74, 6) is -0.499. The molecule has 5 nitrogen and oxygen atoms in total. The van der Waals surface area contributed by atoms with Crippen LogP contribution in [0.25, 0.3) is 0 Å². The van der Waals surface area contributed by atoms with Gasteiger partial charge in [0.25, 0.3) is 0 Å². The van der Waals surface area contributed by atoms with Crippen molar-refractivity contribution in [2.45, 2.75) is 44.2 Å². The van der Waals surface area contributed by atoms with E-state index in [0.717, 1.165) is 48.2 Å². The molecule has 2 heterocycles. The molecule has 1 saturated carbocycles. The van der Waals surface area contributed by atoms with Crippen molar-refractivity contribution in [2.75, 3.05) is 5.32 Å². The van der Waals surface area contributed by atoms with Crippen molar-refractivity contribution in [2.24, 2.45) is 11.8 Å². The molecule has 2 amide bonds. The molecule has 3 aliphatic rings. The van der Waals surface area contributed by atoms with E-state index in [1.807, 2.05) is 55.5 Å². The van der Waals surface area contributed by atoms with Crippen LogP contribution in [0.15, 0.2) is 48.5 Å². The number of hydrogen-bond donors (Lipinski definition) is 2. The number of benzene rings is 2. The number of carbonyl (C=O) groups is 2. The van der Waals surface area contributed by atoms with E-state index in [0.29, 0.717) is 0 Å². The normalized spacial score (nSPS) is 30.3. The summed E-state index contributed by atoms with van der Waals surface area (Å²) in [6, 6.07) is 15.5. The van der Waals surface area contributed by atoms with Crippen molar-refractivity contribution in [1.29, 1.82) is 0 Å². The summed E-state index contributed by atoms with van der Waals surface area (Å²) in [7, 11) is 0. The van der Waals surface area contributed by atoms with Crippen molar-refractivity contribution in [3.05, 3.63) is 59.7 Å². The molecule has 5 heteroatoms. The molecule has 1 saturated heterocycles. The molecule has 0 aromatic heterocycles. The van der Waals surface area contributed by atoms with Gasteiger partial charge in [0.05, 0.1) is 0 Å². The second kappa shape index (κ2) is 6.36. The number of carbonyl (C=O) groups excluding carboxylic acids is 2. The molecule has 0 unspecified atom stereocenters. The molecule has 2 aromatic carbocycles. The highest BCUT2D eigenvalue weighted by atomic mass is 16.5. The minimum atomic E-state index is -0.763. The second-order valence-corrected chi connectivity index (χ2v) is 8.18. The highest BCUT2D eigenvalue weighted by Gasteiger charge is 2.60. The van der Waals surface area contributed by atoms with Crippen LogP contribution in [0.3, 0.4) is 0 Å². The number of fused-ring (bicyclic) bond motifs is 2. The Morgan fingerprint density at radius 3 is 2.79 bits per heavy atom. The maximum Gasteiger partial charge on any atom is 0.237 e. The Morgan fingerprint density at radius 2 is 1.93 bits per heavy atom. The number of piperidine rings is 1. The summed E-state index contributed by atoms with van der Waals surface area (Å²) in [6.07, 6.45) is 3.86. The first kappa shape index (κ1) is 17.3. The molecule has 2 aliphatic heterocycles. The molecular weight excluding hydrogens is 352 g/mol. The fourth-order valence-electron chi connectivity index (χ4n) is 5.28. The van der Waals surface area contributed by atoms with Crippen LogP contribution in [0.5, 0.6) is 5.75 Å². The van der Waals surface area contributed by atoms with Crippen LogP contribution >= 0.6 is 0 Å². The van der Waals surface area contributed by atoms with Crippen LogP contribution in [0.4, 0.5) is 5.69 Å². The number of ether oxygens (including phenoxy) is 1. The van der Waals surface area contributed by atoms with E-state index in [2.05, 4.69) is 10.6 Å². The number of amides is 2. The Bertz CT molecular complexity index is 956. The summed E-state index contributed by atoms with van der Waals surface area (Å²) < 4.78 is 6.37. The van der Waals surface area contributed by atoms with Crippen LogP contribution in [0.1, 0.15) is 42.7 Å². The molecule has 5 rings (SSSR count). The number of hydrogen-bond acceptors (Lipinski definition) is 3. The van der Waals surface area contributed by atoms with Gasteiger partial charge >= 0.3 is 0 Å². The quantitative estimate of drug-likeness (QED) is 0.785. The van der Waals surface area contributed by atoms with Crippen molar-refractivity contribution in [3.63, 3.8) is 0 Å². The van der Waals surface area contributed by atoms with Gasteiger partial charge in [-0.2, -0.15) is 0 Å². The highest BCUT2D eigenvalue weighted by molar-refractivity contribution is 6.08. The summed E-state index contributed by atoms with van der Waals surface area (Å²) in [5, 5.41) is 6.11. The zero-order valence-electron chi connectivity index (χ0n) is 15.9. The first-order valence-electron chi connectivity index (χ1n) is 10.1. The summed E-state index contributed by atoms with van der Waals surface area (Å²) in [4.78, 5) is 26.4. The van der Waals surface area contributed by atoms with Gasteiger partial charge in [-0.25, -0.2) is 0 Å². The van der Waals surface area contributed by atoms with E-state index in [1.54, 1.807) is 0 Å². The van der Waals surface area contributed by atoms with Crippen LogP contribution in [0, 0.1) is 18.8 Å². The maximum absolute atomic E-state index is 13.3. The fourth-order valence-corrected chi connectivity index (χ4v) is 5.28. The lowest BCUT2D eigenvalue weighted by Crippen LogP contribution is -2.69. The summed E-state index contributed by atoms with van der Waals surface area (Å²) >= 11 is 0. The molecule has 2 bridgehead atoms. The number of anilines is 1. The predicted molar refractivity (Wildman–Crippen MR) is 106 cm³/mol. The number of aryl methyl sites for hydroxylation is 1. The van der Waals surface area contributed by atoms with Crippen LogP contribution < -0.4 is 15.4 Å². The molecule has 2 N–H and O–H groups in total. The number of nitrogens with one attached hydrogen (secondary N) is 2. The summed E-state index contributed by atoms with van der Waals surface area (Å²) in [6.45, 7) is 1.95. The highest BCUT2D eigenvalue weighted by Crippen LogP contribution is 2.55. The van der Waals surface area contributed by atoms with Gasteiger partial charge in [0, 0.05) is 23.9 Å². The van der Waals surface area contributed by atoms with Crippen LogP contribution in [-0.4, -0.2) is 17.5 Å². The third-order valence-corrected chi connectivity index (χ3v) is 6.58. The van der Waals surface area contributed by atoms with Crippen LogP contribution in [0.2, 0.25) is 0 Å². The lowest BCUT2D eigenvalue weighted by molar-refractivity contribution is -0.160. The molecule has 28 heavy (non-hydrogen) atoms. The predicted octanol–water partition coefficient (Wildman–Crippen LogP) is 3.74. The van der Waals surface area contributed by atoms with Crippen LogP contribution in [-0.2, 0) is 9.59 Å². The smallest absolute Gasteiger partial charge is 0.237 e. The molecule has 0 spiro atoms. The zero-order chi connectivity index (χ0) is 19.3. The largest absolute Gasteiger partial charge is 0.467 e. The topological polar surface area (TPSA) is 67.4 Å². The van der Waals surface area contributed by atoms with E-state index in [9.17, 15) is 9.59 Å². The average Bonchev–Trinajstić information content (AvgIpc) is 2.68. The van der Waals surface area contributed by atoms with Gasteiger partial charge in [0.15, 0.2) is 5.72 Å². The van der Waals surface area contributed by atoms with E-state index in [-0.39, 0.29) is 23.7 Å². The molecule has 2 fully saturated rings. The molecule has 2 aromatic rings. The van der Waals surface area contributed by atoms with E-state index in [4.69, 9.17) is 4.74 Å². The van der Waals surface area contributed by atoms with Gasteiger partial charge in [-0.3, -0.25) is 9.59 Å². The Kier molecular flexibility index (Phi) is 3.93. The van der Waals surface area contributed by atoms with E-state index >= 15 is 0 Å². The fraction of sp³-hybridized carbons (Fsp3) is 0.391. The molecular formula is C23H24N2O3. The second-order valence-electron chi connectivity index (χ2n) is 8.18. The maximum atomic E-state index is 13.3. The minimum absolute atomic E-state index is 0.112. The molecule has 4 atom stereocenters. The third-order valence-electron chi connectivity index (χ3n) is 6.58. The zero-order valence-corrected chi connectivity index (χ0v) is 15.9. The number of para-hydroxylation sites is 2. The average molecular weight is 376 g/mol. The Morgan fingerprint density at radius 1 is 1.14 bits per heavy atom. The van der Waals surface area contributed by atoms with Crippen molar-refractivity contribution >= 4 is 17.5 Å². The monoisotopic (exact) mass is 376 g/mol. The van der Waals surface area contributed by atoms with Gasteiger partial charge < -0.3 is 15.4 Å². The van der Waals surface area contributed by atoms with Gasteiger partial charge in [0.1, 0.15) is 11.7 Å². The van der Waals surface area contributed by atoms with Gasteiger partial charge in [-0.15, -0.1) is 0 Å². The molecule has 144 valence electrons. The van der Waals surface area contributed by atoms with Crippen molar-refractivity contribution in [3.8, 4) is 5.75 Å². The van der Waals surface area contributed by atoms with E-state index < -0.39 is 11.6 Å². The van der Waals surface area contributed by atoms with Gasteiger partial charge in [-0.1, -0.05) is 42.8 Å². The first-order chi connectivity index (χ1) is 13.6. The van der Waals surface area contributed by atoms with E-state index in [1.165, 1.54) is 0 Å². The first-order valence-corrected chi connectivity index (χ1v) is 10.1. The Hall–Kier alpha value is -2.82. The van der Waals surface area contributed by atoms with Gasteiger partial charge in [0.2, 0.25) is 11.8 Å². The van der Waals surface area contributed by atoms with Gasteiger partial charge in [-0.05, 0) is 43.0 Å². The standard InChI is InChI=1S/C23H24N2O3/c1-14-8-2-4-11-17(14)24-21(26)20-19-15-9-3-5-12-18(15)28-23(25-22(20)27)13-7-6-10-16(19)23/h2-5,8-9,11-12,16,19-20H,6-7,10,13H2,1H3,(H,24,26)(H,25,27)/t16-,19+,20+,23-/m0/s1.